The van der Waals surface area contributed by atoms with Gasteiger partial charge in [-0.15, -0.1) is 0 Å². The van der Waals surface area contributed by atoms with Gasteiger partial charge in [0.05, 0.1) is 22.5 Å². The van der Waals surface area contributed by atoms with Crippen LogP contribution in [0.1, 0.15) is 21.5 Å². The quantitative estimate of drug-likeness (QED) is 0.401. The molecule has 0 spiro atoms. The Morgan fingerprint density at radius 3 is 2.43 bits per heavy atom. The number of carbonyl (C=O) groups is 1. The van der Waals surface area contributed by atoms with Gasteiger partial charge in [-0.05, 0) is 71.2 Å². The van der Waals surface area contributed by atoms with Gasteiger partial charge in [0, 0.05) is 15.4 Å². The van der Waals surface area contributed by atoms with Crippen LogP contribution in [0.25, 0.3) is 22.2 Å². The maximum absolute atomic E-state index is 13.1. The summed E-state index contributed by atoms with van der Waals surface area (Å²) in [6.07, 6.45) is 0. The lowest BCUT2D eigenvalue weighted by Crippen LogP contribution is -2.13. The van der Waals surface area contributed by atoms with Gasteiger partial charge < -0.3 is 5.32 Å². The molecule has 1 heterocycles. The van der Waals surface area contributed by atoms with E-state index in [9.17, 15) is 4.79 Å². The average molecular weight is 431 g/mol. The lowest BCUT2D eigenvalue weighted by atomic mass is 10.0. The molecule has 0 unspecified atom stereocenters. The van der Waals surface area contributed by atoms with Gasteiger partial charge in [0.1, 0.15) is 0 Å². The van der Waals surface area contributed by atoms with Crippen LogP contribution in [0.5, 0.6) is 0 Å². The van der Waals surface area contributed by atoms with E-state index >= 15 is 0 Å². The molecule has 1 N–H and O–H groups in total. The number of benzene rings is 3. The third-order valence-corrected chi connectivity index (χ3v) is 5.58. The maximum Gasteiger partial charge on any atom is 0.256 e. The first-order valence-electron chi connectivity index (χ1n) is 9.06. The largest absolute Gasteiger partial charge is 0.321 e. The molecule has 0 aliphatic carbocycles. The van der Waals surface area contributed by atoms with Gasteiger partial charge in [0.2, 0.25) is 0 Å². The van der Waals surface area contributed by atoms with E-state index in [1.807, 2.05) is 54.6 Å². The van der Waals surface area contributed by atoms with Gasteiger partial charge in [0.25, 0.3) is 5.91 Å². The minimum atomic E-state index is -0.157. The predicted molar refractivity (Wildman–Crippen MR) is 119 cm³/mol. The minimum absolute atomic E-state index is 0.157. The fraction of sp³-hybridized carbons (Fsp3) is 0.0833. The van der Waals surface area contributed by atoms with E-state index in [-0.39, 0.29) is 5.91 Å². The van der Waals surface area contributed by atoms with Gasteiger partial charge in [-0.3, -0.25) is 4.79 Å². The highest BCUT2D eigenvalue weighted by Crippen LogP contribution is 2.28. The standard InChI is InChI=1S/C24H19BrN2O/c1-15-11-12-17(13-16(15)2)23-14-19(18-7-3-5-9-21(18)26-23)24(28)27-22-10-6-4-8-20(22)25/h3-14H,1-2H3,(H,27,28). The summed E-state index contributed by atoms with van der Waals surface area (Å²) in [5, 5.41) is 3.84. The van der Waals surface area contributed by atoms with Crippen LogP contribution in [-0.4, -0.2) is 10.9 Å². The van der Waals surface area contributed by atoms with Crippen molar-refractivity contribution in [3.63, 3.8) is 0 Å². The molecule has 0 bridgehead atoms. The Morgan fingerprint density at radius 1 is 0.893 bits per heavy atom. The summed E-state index contributed by atoms with van der Waals surface area (Å²) < 4.78 is 0.844. The molecule has 0 saturated heterocycles. The number of hydrogen-bond acceptors (Lipinski definition) is 2. The second-order valence-corrected chi connectivity index (χ2v) is 7.66. The number of nitrogens with zero attached hydrogens (tertiary/aromatic N) is 1. The molecule has 0 fully saturated rings. The number of pyridine rings is 1. The molecule has 1 aromatic heterocycles. The second kappa shape index (κ2) is 7.56. The summed E-state index contributed by atoms with van der Waals surface area (Å²) >= 11 is 3.49. The third-order valence-electron chi connectivity index (χ3n) is 4.89. The van der Waals surface area contributed by atoms with Crippen molar-refractivity contribution < 1.29 is 4.79 Å². The zero-order valence-electron chi connectivity index (χ0n) is 15.7. The number of aromatic nitrogens is 1. The van der Waals surface area contributed by atoms with Gasteiger partial charge in [-0.2, -0.15) is 0 Å². The molecule has 4 rings (SSSR count). The molecular weight excluding hydrogens is 412 g/mol. The SMILES string of the molecule is Cc1ccc(-c2cc(C(=O)Nc3ccccc3Br)c3ccccc3n2)cc1C. The van der Waals surface area contributed by atoms with Crippen LogP contribution in [0.3, 0.4) is 0 Å². The molecule has 28 heavy (non-hydrogen) atoms. The summed E-state index contributed by atoms with van der Waals surface area (Å²) in [5.41, 5.74) is 6.37. The molecule has 0 atom stereocenters. The highest BCUT2D eigenvalue weighted by Gasteiger charge is 2.15. The molecular formula is C24H19BrN2O. The fourth-order valence-electron chi connectivity index (χ4n) is 3.16. The number of carbonyl (C=O) groups excluding carboxylic acids is 1. The van der Waals surface area contributed by atoms with Crippen molar-refractivity contribution in [1.29, 1.82) is 0 Å². The number of halogens is 1. The van der Waals surface area contributed by atoms with E-state index in [1.54, 1.807) is 0 Å². The third kappa shape index (κ3) is 3.56. The van der Waals surface area contributed by atoms with Crippen molar-refractivity contribution in [3.8, 4) is 11.3 Å². The van der Waals surface area contributed by atoms with Crippen LogP contribution in [0.15, 0.2) is 77.3 Å². The number of fused-ring (bicyclic) bond motifs is 1. The number of aryl methyl sites for hydroxylation is 2. The van der Waals surface area contributed by atoms with Gasteiger partial charge in [0.15, 0.2) is 0 Å². The summed E-state index contributed by atoms with van der Waals surface area (Å²) in [6, 6.07) is 23.4. The summed E-state index contributed by atoms with van der Waals surface area (Å²) in [5.74, 6) is -0.157. The second-order valence-electron chi connectivity index (χ2n) is 6.81. The Bertz CT molecular complexity index is 1200. The number of hydrogen-bond donors (Lipinski definition) is 1. The van der Waals surface area contributed by atoms with E-state index in [2.05, 4.69) is 53.3 Å². The Morgan fingerprint density at radius 2 is 1.64 bits per heavy atom. The summed E-state index contributed by atoms with van der Waals surface area (Å²) in [4.78, 5) is 17.9. The van der Waals surface area contributed by atoms with E-state index in [1.165, 1.54) is 11.1 Å². The van der Waals surface area contributed by atoms with Gasteiger partial charge in [-0.1, -0.05) is 42.5 Å². The maximum atomic E-state index is 13.1. The highest BCUT2D eigenvalue weighted by atomic mass is 79.9. The smallest absolute Gasteiger partial charge is 0.256 e. The first-order chi connectivity index (χ1) is 13.5. The Hall–Kier alpha value is -2.98. The first-order valence-corrected chi connectivity index (χ1v) is 9.85. The lowest BCUT2D eigenvalue weighted by molar-refractivity contribution is 0.102. The van der Waals surface area contributed by atoms with E-state index in [0.717, 1.165) is 32.3 Å². The lowest BCUT2D eigenvalue weighted by Gasteiger charge is -2.12. The average Bonchev–Trinajstić information content (AvgIpc) is 2.71. The zero-order chi connectivity index (χ0) is 19.7. The van der Waals surface area contributed by atoms with Crippen molar-refractivity contribution >= 4 is 38.4 Å². The normalized spacial score (nSPS) is 10.8. The van der Waals surface area contributed by atoms with Crippen LogP contribution in [0.2, 0.25) is 0 Å². The van der Waals surface area contributed by atoms with Crippen LogP contribution in [0.4, 0.5) is 5.69 Å². The van der Waals surface area contributed by atoms with Crippen molar-refractivity contribution in [1.82, 2.24) is 4.98 Å². The van der Waals surface area contributed by atoms with Crippen LogP contribution in [0, 0.1) is 13.8 Å². The van der Waals surface area contributed by atoms with Crippen LogP contribution >= 0.6 is 15.9 Å². The van der Waals surface area contributed by atoms with E-state index in [0.29, 0.717) is 5.56 Å². The summed E-state index contributed by atoms with van der Waals surface area (Å²) in [6.45, 7) is 4.17. The monoisotopic (exact) mass is 430 g/mol. The number of anilines is 1. The van der Waals surface area contributed by atoms with Gasteiger partial charge in [-0.25, -0.2) is 4.98 Å². The van der Waals surface area contributed by atoms with Crippen molar-refractivity contribution in [2.75, 3.05) is 5.32 Å². The van der Waals surface area contributed by atoms with E-state index < -0.39 is 0 Å². The Labute approximate surface area is 172 Å². The molecule has 4 heteroatoms. The van der Waals surface area contributed by atoms with Crippen LogP contribution in [-0.2, 0) is 0 Å². The molecule has 3 aromatic carbocycles. The summed E-state index contributed by atoms with van der Waals surface area (Å²) in [7, 11) is 0. The fourth-order valence-corrected chi connectivity index (χ4v) is 3.55. The molecule has 0 radical (unpaired) electrons. The van der Waals surface area contributed by atoms with Crippen molar-refractivity contribution in [2.45, 2.75) is 13.8 Å². The topological polar surface area (TPSA) is 42.0 Å². The Balaban J connectivity index is 1.83. The zero-order valence-corrected chi connectivity index (χ0v) is 17.2. The van der Waals surface area contributed by atoms with Gasteiger partial charge >= 0.3 is 0 Å². The molecule has 0 saturated carbocycles. The molecule has 1 amide bonds. The van der Waals surface area contributed by atoms with Crippen LogP contribution < -0.4 is 5.32 Å². The van der Waals surface area contributed by atoms with Crippen molar-refractivity contribution in [3.05, 3.63) is 94.0 Å². The number of nitrogens with one attached hydrogen (secondary N) is 1. The molecule has 4 aromatic rings. The molecule has 0 aliphatic rings. The predicted octanol–water partition coefficient (Wildman–Crippen LogP) is 6.53. The number of amides is 1. The van der Waals surface area contributed by atoms with E-state index in [4.69, 9.17) is 4.98 Å². The number of rotatable bonds is 3. The molecule has 138 valence electrons. The molecule has 0 aliphatic heterocycles. The molecule has 3 nitrogen and oxygen atoms in total. The first kappa shape index (κ1) is 18.4. The highest BCUT2D eigenvalue weighted by molar-refractivity contribution is 9.10. The minimum Gasteiger partial charge on any atom is -0.321 e. The number of para-hydroxylation sites is 2. The Kier molecular flexibility index (Phi) is 4.97. The van der Waals surface area contributed by atoms with Crippen molar-refractivity contribution in [2.24, 2.45) is 0 Å².